The first kappa shape index (κ1) is 13.8. The summed E-state index contributed by atoms with van der Waals surface area (Å²) >= 11 is 0. The molecule has 3 aliphatic rings. The van der Waals surface area contributed by atoms with Crippen molar-refractivity contribution in [3.63, 3.8) is 0 Å². The van der Waals surface area contributed by atoms with Crippen LogP contribution in [0.3, 0.4) is 0 Å². The van der Waals surface area contributed by atoms with Crippen molar-refractivity contribution in [3.05, 3.63) is 0 Å². The summed E-state index contributed by atoms with van der Waals surface area (Å²) in [5, 5.41) is 3.70. The molecule has 3 atom stereocenters. The number of hydrogen-bond donors (Lipinski definition) is 2. The predicted molar refractivity (Wildman–Crippen MR) is 78.0 cm³/mol. The molecule has 0 spiro atoms. The fourth-order valence-electron chi connectivity index (χ4n) is 4.81. The Labute approximate surface area is 117 Å². The third-order valence-corrected chi connectivity index (χ3v) is 6.44. The molecule has 3 heteroatoms. The van der Waals surface area contributed by atoms with E-state index in [4.69, 9.17) is 10.5 Å². The van der Waals surface area contributed by atoms with Crippen molar-refractivity contribution in [2.75, 3.05) is 19.7 Å². The average molecular weight is 266 g/mol. The van der Waals surface area contributed by atoms with Crippen molar-refractivity contribution in [2.24, 2.45) is 22.5 Å². The van der Waals surface area contributed by atoms with Gasteiger partial charge >= 0.3 is 0 Å². The molecule has 19 heavy (non-hydrogen) atoms. The van der Waals surface area contributed by atoms with Gasteiger partial charge < -0.3 is 15.8 Å². The predicted octanol–water partition coefficient (Wildman–Crippen LogP) is 2.30. The van der Waals surface area contributed by atoms with Gasteiger partial charge in [-0.2, -0.15) is 0 Å². The summed E-state index contributed by atoms with van der Waals surface area (Å²) in [7, 11) is 0. The molecule has 1 heterocycles. The summed E-state index contributed by atoms with van der Waals surface area (Å²) in [6, 6.07) is 0. The molecule has 1 saturated heterocycles. The van der Waals surface area contributed by atoms with Gasteiger partial charge in [0.15, 0.2) is 0 Å². The van der Waals surface area contributed by atoms with Crippen LogP contribution in [0, 0.1) is 16.7 Å². The summed E-state index contributed by atoms with van der Waals surface area (Å²) in [6.45, 7) is 9.94. The molecule has 0 aromatic carbocycles. The molecule has 0 radical (unpaired) electrons. The molecule has 3 unspecified atom stereocenters. The first-order chi connectivity index (χ1) is 8.89. The maximum atomic E-state index is 6.75. The zero-order chi connectivity index (χ0) is 13.7. The van der Waals surface area contributed by atoms with Crippen molar-refractivity contribution >= 4 is 0 Å². The number of fused-ring (bicyclic) bond motifs is 1. The minimum absolute atomic E-state index is 0.0802. The van der Waals surface area contributed by atoms with E-state index >= 15 is 0 Å². The molecule has 2 aliphatic carbocycles. The summed E-state index contributed by atoms with van der Waals surface area (Å²) in [5.41, 5.74) is 7.29. The normalized spacial score (nSPS) is 42.9. The number of nitrogens with two attached hydrogens (primary N) is 1. The lowest BCUT2D eigenvalue weighted by Gasteiger charge is -2.62. The molecule has 3 fully saturated rings. The average Bonchev–Trinajstić information content (AvgIpc) is 2.97. The lowest BCUT2D eigenvalue weighted by molar-refractivity contribution is -0.153. The lowest BCUT2D eigenvalue weighted by Crippen LogP contribution is -2.78. The second-order valence-electron chi connectivity index (χ2n) is 8.07. The third-order valence-electron chi connectivity index (χ3n) is 6.44. The largest absolute Gasteiger partial charge is 0.377 e. The van der Waals surface area contributed by atoms with E-state index in [1.807, 2.05) is 0 Å². The van der Waals surface area contributed by atoms with Gasteiger partial charge in [-0.1, -0.05) is 33.6 Å². The van der Waals surface area contributed by atoms with Gasteiger partial charge in [0.05, 0.1) is 6.10 Å². The second kappa shape index (κ2) is 4.44. The van der Waals surface area contributed by atoms with Gasteiger partial charge in [0.25, 0.3) is 0 Å². The molecule has 1 aliphatic heterocycles. The Morgan fingerprint density at radius 2 is 1.84 bits per heavy atom. The first-order valence-corrected chi connectivity index (χ1v) is 8.00. The van der Waals surface area contributed by atoms with Gasteiger partial charge in [-0.3, -0.25) is 0 Å². The van der Waals surface area contributed by atoms with Crippen molar-refractivity contribution in [1.82, 2.24) is 5.32 Å². The van der Waals surface area contributed by atoms with Crippen LogP contribution in [0.1, 0.15) is 52.9 Å². The Morgan fingerprint density at radius 3 is 2.53 bits per heavy atom. The van der Waals surface area contributed by atoms with Crippen molar-refractivity contribution < 1.29 is 4.74 Å². The molecule has 110 valence electrons. The molecule has 2 saturated carbocycles. The van der Waals surface area contributed by atoms with Gasteiger partial charge in [-0.05, 0) is 24.7 Å². The lowest BCUT2D eigenvalue weighted by atomic mass is 9.48. The molecule has 3 N–H and O–H groups in total. The van der Waals surface area contributed by atoms with Crippen LogP contribution in [0.15, 0.2) is 0 Å². The topological polar surface area (TPSA) is 47.3 Å². The molecule has 0 aromatic heterocycles. The van der Waals surface area contributed by atoms with E-state index in [0.29, 0.717) is 17.4 Å². The molecule has 0 amide bonds. The minimum atomic E-state index is -0.0802. The first-order valence-electron chi connectivity index (χ1n) is 8.00. The number of rotatable bonds is 4. The molecular formula is C16H30N2O. The van der Waals surface area contributed by atoms with E-state index in [9.17, 15) is 0 Å². The zero-order valence-corrected chi connectivity index (χ0v) is 12.8. The van der Waals surface area contributed by atoms with Crippen LogP contribution in [0.2, 0.25) is 0 Å². The smallest absolute Gasteiger partial charge is 0.0691 e. The number of ether oxygens (including phenoxy) is 1. The maximum Gasteiger partial charge on any atom is 0.0691 e. The van der Waals surface area contributed by atoms with Gasteiger partial charge in [0, 0.05) is 36.6 Å². The van der Waals surface area contributed by atoms with Gasteiger partial charge in [-0.15, -0.1) is 0 Å². The van der Waals surface area contributed by atoms with E-state index < -0.39 is 0 Å². The van der Waals surface area contributed by atoms with Gasteiger partial charge in [0.1, 0.15) is 0 Å². The Morgan fingerprint density at radius 1 is 1.16 bits per heavy atom. The van der Waals surface area contributed by atoms with Gasteiger partial charge in [-0.25, -0.2) is 0 Å². The van der Waals surface area contributed by atoms with Crippen LogP contribution in [-0.2, 0) is 4.74 Å². The molecule has 3 nitrogen and oxygen atoms in total. The van der Waals surface area contributed by atoms with Crippen LogP contribution in [0.25, 0.3) is 0 Å². The summed E-state index contributed by atoms with van der Waals surface area (Å²) in [5.74, 6) is 0.561. The van der Waals surface area contributed by atoms with Crippen molar-refractivity contribution in [3.8, 4) is 0 Å². The van der Waals surface area contributed by atoms with Crippen LogP contribution in [-0.4, -0.2) is 31.3 Å². The van der Waals surface area contributed by atoms with Crippen molar-refractivity contribution in [1.29, 1.82) is 0 Å². The Kier molecular flexibility index (Phi) is 3.23. The minimum Gasteiger partial charge on any atom is -0.377 e. The van der Waals surface area contributed by atoms with E-state index in [0.717, 1.165) is 26.1 Å². The van der Waals surface area contributed by atoms with E-state index in [-0.39, 0.29) is 11.0 Å². The highest BCUT2D eigenvalue weighted by molar-refractivity contribution is 5.21. The Hall–Kier alpha value is -0.120. The highest BCUT2D eigenvalue weighted by Crippen LogP contribution is 2.57. The van der Waals surface area contributed by atoms with E-state index in [1.165, 1.54) is 25.7 Å². The molecule has 0 bridgehead atoms. The van der Waals surface area contributed by atoms with Gasteiger partial charge in [0.2, 0.25) is 0 Å². The fraction of sp³-hybridized carbons (Fsp3) is 1.00. The zero-order valence-electron chi connectivity index (χ0n) is 12.8. The van der Waals surface area contributed by atoms with Crippen LogP contribution in [0.5, 0.6) is 0 Å². The highest BCUT2D eigenvalue weighted by atomic mass is 16.5. The molecule has 0 aromatic rings. The quantitative estimate of drug-likeness (QED) is 0.821. The summed E-state index contributed by atoms with van der Waals surface area (Å²) in [6.07, 6.45) is 7.07. The monoisotopic (exact) mass is 266 g/mol. The molecule has 3 rings (SSSR count). The third kappa shape index (κ3) is 1.97. The number of nitrogens with one attached hydrogen (secondary N) is 1. The maximum absolute atomic E-state index is 6.75. The standard InChI is InChI=1S/C16H30N2O/c1-14(2)13-12(6-9-19-13)16(14,17)11-18-10-15(3)7-4-5-8-15/h12-13,18H,4-11,17H2,1-3H3. The van der Waals surface area contributed by atoms with Crippen LogP contribution in [0.4, 0.5) is 0 Å². The second-order valence-corrected chi connectivity index (χ2v) is 8.07. The van der Waals surface area contributed by atoms with Crippen LogP contribution >= 0.6 is 0 Å². The Bertz CT molecular complexity index is 349. The van der Waals surface area contributed by atoms with E-state index in [1.54, 1.807) is 0 Å². The molecular weight excluding hydrogens is 236 g/mol. The summed E-state index contributed by atoms with van der Waals surface area (Å²) in [4.78, 5) is 0. The van der Waals surface area contributed by atoms with Crippen molar-refractivity contribution in [2.45, 2.75) is 64.5 Å². The van der Waals surface area contributed by atoms with Crippen LogP contribution < -0.4 is 11.1 Å². The number of hydrogen-bond acceptors (Lipinski definition) is 3. The van der Waals surface area contributed by atoms with E-state index in [2.05, 4.69) is 26.1 Å². The fourth-order valence-corrected chi connectivity index (χ4v) is 4.81. The summed E-state index contributed by atoms with van der Waals surface area (Å²) < 4.78 is 5.85. The SMILES string of the molecule is CC1(CNCC2(N)C3CCOC3C2(C)C)CCCC1. The highest BCUT2D eigenvalue weighted by Gasteiger charge is 2.67. The Balaban J connectivity index is 1.57.